The van der Waals surface area contributed by atoms with Crippen molar-refractivity contribution in [2.75, 3.05) is 17.2 Å². The molecule has 0 aliphatic carbocycles. The molecular weight excluding hydrogens is 379 g/mol. The predicted octanol–water partition coefficient (Wildman–Crippen LogP) is 1.24. The van der Waals surface area contributed by atoms with E-state index in [2.05, 4.69) is 22.6 Å². The molecule has 0 saturated carbocycles. The molecule has 0 bridgehead atoms. The molecule has 0 radical (unpaired) electrons. The van der Waals surface area contributed by atoms with Gasteiger partial charge in [0.15, 0.2) is 0 Å². The van der Waals surface area contributed by atoms with Crippen LogP contribution in [0.15, 0.2) is 18.2 Å². The second kappa shape index (κ2) is 5.37. The lowest BCUT2D eigenvalue weighted by molar-refractivity contribution is -0.117. The second-order valence-corrected chi connectivity index (χ2v) is 7.68. The van der Waals surface area contributed by atoms with E-state index in [1.54, 1.807) is 4.90 Å². The van der Waals surface area contributed by atoms with E-state index in [-0.39, 0.29) is 24.0 Å². The van der Waals surface area contributed by atoms with Crippen molar-refractivity contribution in [3.63, 3.8) is 0 Å². The molecule has 1 amide bonds. The van der Waals surface area contributed by atoms with Crippen LogP contribution >= 0.6 is 22.6 Å². The Balaban J connectivity index is 2.23. The van der Waals surface area contributed by atoms with Gasteiger partial charge in [0, 0.05) is 22.5 Å². The van der Waals surface area contributed by atoms with Gasteiger partial charge in [0.1, 0.15) is 0 Å². The zero-order valence-electron chi connectivity index (χ0n) is 10.5. The Labute approximate surface area is 126 Å². The number of carbonyl (C=O) groups is 1. The molecule has 1 atom stereocenters. The van der Waals surface area contributed by atoms with Gasteiger partial charge in [-0.25, -0.2) is 13.6 Å². The molecule has 0 aromatic heterocycles. The molecule has 1 aliphatic rings. The number of sulfonamides is 1. The number of aryl methyl sites for hydroxylation is 1. The number of hydrogen-bond acceptors (Lipinski definition) is 3. The number of benzene rings is 1. The van der Waals surface area contributed by atoms with Gasteiger partial charge in [-0.1, -0.05) is 6.07 Å². The standard InChI is InChI=1S/C12H15IN2O3S/c1-8-2-3-10(13)11(4-8)15-6-9(5-12(15)16)7-19(14,17)18/h2-4,9H,5-7H2,1H3,(H2,14,17,18). The maximum Gasteiger partial charge on any atom is 0.227 e. The third-order valence-electron chi connectivity index (χ3n) is 3.07. The van der Waals surface area contributed by atoms with Gasteiger partial charge in [-0.2, -0.15) is 0 Å². The topological polar surface area (TPSA) is 80.5 Å². The Morgan fingerprint density at radius 3 is 2.79 bits per heavy atom. The zero-order valence-corrected chi connectivity index (χ0v) is 13.4. The van der Waals surface area contributed by atoms with Crippen LogP contribution in [0.5, 0.6) is 0 Å². The van der Waals surface area contributed by atoms with Crippen LogP contribution in [-0.4, -0.2) is 26.6 Å². The monoisotopic (exact) mass is 394 g/mol. The van der Waals surface area contributed by atoms with Gasteiger partial charge in [-0.3, -0.25) is 4.79 Å². The van der Waals surface area contributed by atoms with Crippen molar-refractivity contribution < 1.29 is 13.2 Å². The summed E-state index contributed by atoms with van der Waals surface area (Å²) in [5.41, 5.74) is 1.92. The van der Waals surface area contributed by atoms with Crippen molar-refractivity contribution in [1.29, 1.82) is 0 Å². The van der Waals surface area contributed by atoms with E-state index >= 15 is 0 Å². The Morgan fingerprint density at radius 2 is 2.16 bits per heavy atom. The molecule has 1 aromatic rings. The third-order valence-corrected chi connectivity index (χ3v) is 4.91. The molecule has 1 fully saturated rings. The van der Waals surface area contributed by atoms with E-state index in [4.69, 9.17) is 5.14 Å². The van der Waals surface area contributed by atoms with Gasteiger partial charge in [0.2, 0.25) is 15.9 Å². The van der Waals surface area contributed by atoms with Gasteiger partial charge in [0.25, 0.3) is 0 Å². The van der Waals surface area contributed by atoms with E-state index in [9.17, 15) is 13.2 Å². The Kier molecular flexibility index (Phi) is 4.17. The van der Waals surface area contributed by atoms with Crippen molar-refractivity contribution in [1.82, 2.24) is 0 Å². The highest BCUT2D eigenvalue weighted by molar-refractivity contribution is 14.1. The number of rotatable bonds is 3. The summed E-state index contributed by atoms with van der Waals surface area (Å²) in [6.07, 6.45) is 0.237. The number of primary sulfonamides is 1. The van der Waals surface area contributed by atoms with E-state index in [0.717, 1.165) is 14.8 Å². The molecular formula is C12H15IN2O3S. The van der Waals surface area contributed by atoms with Crippen LogP contribution in [0, 0.1) is 16.4 Å². The fourth-order valence-corrected chi connectivity index (χ4v) is 3.79. The number of nitrogens with two attached hydrogens (primary N) is 1. The summed E-state index contributed by atoms with van der Waals surface area (Å²) < 4.78 is 23.2. The van der Waals surface area contributed by atoms with Crippen LogP contribution in [0.2, 0.25) is 0 Å². The number of carbonyl (C=O) groups excluding carboxylic acids is 1. The van der Waals surface area contributed by atoms with E-state index in [1.165, 1.54) is 0 Å². The van der Waals surface area contributed by atoms with Crippen LogP contribution in [0.25, 0.3) is 0 Å². The Morgan fingerprint density at radius 1 is 1.47 bits per heavy atom. The second-order valence-electron chi connectivity index (χ2n) is 4.86. The molecule has 2 N–H and O–H groups in total. The minimum atomic E-state index is -3.54. The summed E-state index contributed by atoms with van der Waals surface area (Å²) in [6.45, 7) is 2.37. The SMILES string of the molecule is Cc1ccc(I)c(N2CC(CS(N)(=O)=O)CC2=O)c1. The van der Waals surface area contributed by atoms with E-state index < -0.39 is 10.0 Å². The summed E-state index contributed by atoms with van der Waals surface area (Å²) in [4.78, 5) is 13.7. The molecule has 1 aliphatic heterocycles. The van der Waals surface area contributed by atoms with Gasteiger partial charge in [-0.05, 0) is 47.2 Å². The summed E-state index contributed by atoms with van der Waals surface area (Å²) in [5, 5.41) is 5.04. The molecule has 19 heavy (non-hydrogen) atoms. The maximum absolute atomic E-state index is 12.0. The number of anilines is 1. The van der Waals surface area contributed by atoms with Gasteiger partial charge < -0.3 is 4.90 Å². The Bertz CT molecular complexity index is 615. The van der Waals surface area contributed by atoms with Crippen molar-refractivity contribution in [3.8, 4) is 0 Å². The fraction of sp³-hybridized carbons (Fsp3) is 0.417. The lowest BCUT2D eigenvalue weighted by atomic mass is 10.1. The highest BCUT2D eigenvalue weighted by atomic mass is 127. The quantitative estimate of drug-likeness (QED) is 0.784. The Hall–Kier alpha value is -0.670. The van der Waals surface area contributed by atoms with E-state index in [1.807, 2.05) is 25.1 Å². The van der Waals surface area contributed by atoms with Crippen molar-refractivity contribution in [2.45, 2.75) is 13.3 Å². The molecule has 7 heteroatoms. The van der Waals surface area contributed by atoms with Gasteiger partial charge in [-0.15, -0.1) is 0 Å². The average Bonchev–Trinajstić information content (AvgIpc) is 2.60. The zero-order chi connectivity index (χ0) is 14.2. The first-order chi connectivity index (χ1) is 8.76. The van der Waals surface area contributed by atoms with E-state index in [0.29, 0.717) is 6.54 Å². The normalized spacial score (nSPS) is 20.1. The lowest BCUT2D eigenvalue weighted by Crippen LogP contribution is -2.28. The molecule has 1 heterocycles. The van der Waals surface area contributed by atoms with Gasteiger partial charge in [0.05, 0.1) is 11.4 Å². The molecule has 104 valence electrons. The first-order valence-corrected chi connectivity index (χ1v) is 8.62. The molecule has 0 spiro atoms. The molecule has 1 unspecified atom stereocenters. The molecule has 5 nitrogen and oxygen atoms in total. The minimum Gasteiger partial charge on any atom is -0.311 e. The number of amides is 1. The lowest BCUT2D eigenvalue weighted by Gasteiger charge is -2.19. The van der Waals surface area contributed by atoms with Crippen LogP contribution in [0.3, 0.4) is 0 Å². The number of hydrogen-bond donors (Lipinski definition) is 1. The largest absolute Gasteiger partial charge is 0.311 e. The molecule has 1 saturated heterocycles. The number of nitrogens with zero attached hydrogens (tertiary/aromatic N) is 1. The predicted molar refractivity (Wildman–Crippen MR) is 82.3 cm³/mol. The van der Waals surface area contributed by atoms with Crippen LogP contribution in [0.1, 0.15) is 12.0 Å². The maximum atomic E-state index is 12.0. The summed E-state index contributed by atoms with van der Waals surface area (Å²) in [7, 11) is -3.54. The molecule has 1 aromatic carbocycles. The molecule has 2 rings (SSSR count). The summed E-state index contributed by atoms with van der Waals surface area (Å²) in [6, 6.07) is 5.87. The smallest absolute Gasteiger partial charge is 0.227 e. The minimum absolute atomic E-state index is 0.0443. The first kappa shape index (κ1) is 14.7. The van der Waals surface area contributed by atoms with Crippen LogP contribution < -0.4 is 10.0 Å². The van der Waals surface area contributed by atoms with Crippen LogP contribution in [0.4, 0.5) is 5.69 Å². The highest BCUT2D eigenvalue weighted by Gasteiger charge is 2.33. The average molecular weight is 394 g/mol. The summed E-state index contributed by atoms with van der Waals surface area (Å²) >= 11 is 2.18. The van der Waals surface area contributed by atoms with Crippen molar-refractivity contribution >= 4 is 44.2 Å². The van der Waals surface area contributed by atoms with Crippen LogP contribution in [-0.2, 0) is 14.8 Å². The first-order valence-electron chi connectivity index (χ1n) is 5.83. The number of halogens is 1. The van der Waals surface area contributed by atoms with Crippen molar-refractivity contribution in [2.24, 2.45) is 11.1 Å². The third kappa shape index (κ3) is 3.67. The summed E-state index contributed by atoms with van der Waals surface area (Å²) in [5.74, 6) is -0.409. The highest BCUT2D eigenvalue weighted by Crippen LogP contribution is 2.30. The van der Waals surface area contributed by atoms with Crippen molar-refractivity contribution in [3.05, 3.63) is 27.3 Å². The fourth-order valence-electron chi connectivity index (χ4n) is 2.28. The van der Waals surface area contributed by atoms with Gasteiger partial charge >= 0.3 is 0 Å².